The summed E-state index contributed by atoms with van der Waals surface area (Å²) < 4.78 is 11.1. The Hall–Kier alpha value is -2.15. The summed E-state index contributed by atoms with van der Waals surface area (Å²) in [4.78, 5) is 27.3. The van der Waals surface area contributed by atoms with Gasteiger partial charge < -0.3 is 19.9 Å². The Labute approximate surface area is 140 Å². The molecule has 7 heteroatoms. The minimum Gasteiger partial charge on any atom is -0.481 e. The van der Waals surface area contributed by atoms with Crippen molar-refractivity contribution in [2.75, 3.05) is 13.2 Å². The number of hydrogen-bond donors (Lipinski definition) is 2. The van der Waals surface area contributed by atoms with Crippen molar-refractivity contribution in [1.82, 2.24) is 10.3 Å². The minimum atomic E-state index is -0.891. The highest BCUT2D eigenvalue weighted by atomic mass is 16.5. The first-order valence-electron chi connectivity index (χ1n) is 8.33. The van der Waals surface area contributed by atoms with Crippen LogP contribution >= 0.6 is 0 Å². The van der Waals surface area contributed by atoms with Crippen LogP contribution in [0.3, 0.4) is 0 Å². The Morgan fingerprint density at radius 1 is 1.25 bits per heavy atom. The summed E-state index contributed by atoms with van der Waals surface area (Å²) in [6, 6.07) is 3.62. The van der Waals surface area contributed by atoms with Gasteiger partial charge in [-0.1, -0.05) is 0 Å². The highest BCUT2D eigenvalue weighted by Crippen LogP contribution is 2.34. The molecule has 1 saturated carbocycles. The fourth-order valence-electron chi connectivity index (χ4n) is 3.02. The molecule has 24 heavy (non-hydrogen) atoms. The minimum absolute atomic E-state index is 0.113. The van der Waals surface area contributed by atoms with Crippen LogP contribution in [0.25, 0.3) is 0 Å². The average Bonchev–Trinajstić information content (AvgIpc) is 2.53. The Bertz CT molecular complexity index is 600. The maximum Gasteiger partial charge on any atom is 0.307 e. The second-order valence-corrected chi connectivity index (χ2v) is 6.28. The second kappa shape index (κ2) is 7.61. The van der Waals surface area contributed by atoms with Crippen LogP contribution in [0, 0.1) is 11.8 Å². The smallest absolute Gasteiger partial charge is 0.307 e. The molecule has 1 aromatic heterocycles. The number of nitrogens with zero attached hydrogens (tertiary/aromatic N) is 1. The van der Waals surface area contributed by atoms with Crippen molar-refractivity contribution in [1.29, 1.82) is 0 Å². The molecule has 130 valence electrons. The van der Waals surface area contributed by atoms with Gasteiger partial charge in [-0.2, -0.15) is 0 Å². The van der Waals surface area contributed by atoms with E-state index in [9.17, 15) is 9.59 Å². The molecule has 1 saturated heterocycles. The van der Waals surface area contributed by atoms with Crippen LogP contribution < -0.4 is 10.1 Å². The van der Waals surface area contributed by atoms with E-state index in [0.717, 1.165) is 18.4 Å². The monoisotopic (exact) mass is 334 g/mol. The fraction of sp³-hybridized carbons (Fsp3) is 0.588. The fourth-order valence-corrected chi connectivity index (χ4v) is 3.02. The van der Waals surface area contributed by atoms with Crippen molar-refractivity contribution >= 4 is 11.9 Å². The standard InChI is InChI=1S/C17H22N2O5/c20-16(13-1-2-14(13)17(21)22)19-10-11-3-6-18-15(9-11)24-12-4-7-23-8-5-12/h3,6,9,12-14H,1-2,4-5,7-8,10H2,(H,19,20)(H,21,22). The van der Waals surface area contributed by atoms with Gasteiger partial charge in [-0.25, -0.2) is 4.98 Å². The van der Waals surface area contributed by atoms with Gasteiger partial charge in [0.25, 0.3) is 0 Å². The van der Waals surface area contributed by atoms with Gasteiger partial charge in [-0.15, -0.1) is 0 Å². The number of aromatic nitrogens is 1. The van der Waals surface area contributed by atoms with Gasteiger partial charge in [-0.3, -0.25) is 9.59 Å². The van der Waals surface area contributed by atoms with Crippen molar-refractivity contribution in [2.24, 2.45) is 11.8 Å². The molecule has 1 aliphatic heterocycles. The molecule has 3 rings (SSSR count). The lowest BCUT2D eigenvalue weighted by molar-refractivity contribution is -0.152. The van der Waals surface area contributed by atoms with Crippen LogP contribution in [0.4, 0.5) is 0 Å². The number of amides is 1. The number of aliphatic carboxylic acids is 1. The number of carbonyl (C=O) groups excluding carboxylic acids is 1. The number of carboxylic acids is 1. The van der Waals surface area contributed by atoms with Crippen LogP contribution in [0.5, 0.6) is 5.88 Å². The van der Waals surface area contributed by atoms with Gasteiger partial charge in [0.15, 0.2) is 0 Å². The maximum absolute atomic E-state index is 12.1. The van der Waals surface area contributed by atoms with Gasteiger partial charge in [0.05, 0.1) is 25.0 Å². The highest BCUT2D eigenvalue weighted by Gasteiger charge is 2.41. The summed E-state index contributed by atoms with van der Waals surface area (Å²) in [5.74, 6) is -1.51. The molecule has 2 fully saturated rings. The lowest BCUT2D eigenvalue weighted by atomic mass is 9.73. The zero-order chi connectivity index (χ0) is 16.9. The molecule has 2 atom stereocenters. The van der Waals surface area contributed by atoms with E-state index in [1.807, 2.05) is 12.1 Å². The molecule has 2 aliphatic rings. The number of hydrogen-bond acceptors (Lipinski definition) is 5. The molecular formula is C17H22N2O5. The lowest BCUT2D eigenvalue weighted by Gasteiger charge is -2.31. The van der Waals surface area contributed by atoms with Crippen LogP contribution in [-0.4, -0.2) is 41.3 Å². The third kappa shape index (κ3) is 4.03. The predicted molar refractivity (Wildman–Crippen MR) is 84.4 cm³/mol. The first kappa shape index (κ1) is 16.7. The highest BCUT2D eigenvalue weighted by molar-refractivity contribution is 5.86. The van der Waals surface area contributed by atoms with E-state index in [1.54, 1.807) is 6.20 Å². The predicted octanol–water partition coefficient (Wildman–Crippen LogP) is 1.37. The molecule has 1 amide bonds. The molecule has 1 aromatic rings. The summed E-state index contributed by atoms with van der Waals surface area (Å²) >= 11 is 0. The average molecular weight is 334 g/mol. The number of pyridine rings is 1. The van der Waals surface area contributed by atoms with Crippen molar-refractivity contribution in [3.05, 3.63) is 23.9 Å². The first-order valence-corrected chi connectivity index (χ1v) is 8.33. The van der Waals surface area contributed by atoms with Crippen LogP contribution in [0.1, 0.15) is 31.2 Å². The number of carboxylic acid groups (broad SMARTS) is 1. The topological polar surface area (TPSA) is 97.8 Å². The zero-order valence-corrected chi connectivity index (χ0v) is 13.4. The normalized spacial score (nSPS) is 24.0. The van der Waals surface area contributed by atoms with Crippen molar-refractivity contribution in [3.63, 3.8) is 0 Å². The maximum atomic E-state index is 12.1. The van der Waals surface area contributed by atoms with Crippen LogP contribution in [-0.2, 0) is 20.9 Å². The van der Waals surface area contributed by atoms with Gasteiger partial charge in [0.1, 0.15) is 6.10 Å². The third-order valence-corrected chi connectivity index (χ3v) is 4.65. The van der Waals surface area contributed by atoms with E-state index in [1.165, 1.54) is 0 Å². The Morgan fingerprint density at radius 3 is 2.67 bits per heavy atom. The number of rotatable bonds is 6. The van der Waals surface area contributed by atoms with E-state index in [-0.39, 0.29) is 12.0 Å². The van der Waals surface area contributed by atoms with Crippen molar-refractivity contribution in [2.45, 2.75) is 38.3 Å². The second-order valence-electron chi connectivity index (χ2n) is 6.28. The van der Waals surface area contributed by atoms with E-state index in [0.29, 0.717) is 38.5 Å². The number of nitrogens with one attached hydrogen (secondary N) is 1. The number of carbonyl (C=O) groups is 2. The summed E-state index contributed by atoms with van der Waals surface area (Å²) in [6.45, 7) is 1.74. The molecule has 0 radical (unpaired) electrons. The lowest BCUT2D eigenvalue weighted by Crippen LogP contribution is -2.43. The van der Waals surface area contributed by atoms with E-state index < -0.39 is 17.8 Å². The van der Waals surface area contributed by atoms with Gasteiger partial charge in [0.2, 0.25) is 11.8 Å². The number of ether oxygens (including phenoxy) is 2. The summed E-state index contributed by atoms with van der Waals surface area (Å²) in [6.07, 6.45) is 4.67. The van der Waals surface area contributed by atoms with Crippen LogP contribution in [0.2, 0.25) is 0 Å². The summed E-state index contributed by atoms with van der Waals surface area (Å²) in [7, 11) is 0. The third-order valence-electron chi connectivity index (χ3n) is 4.65. The van der Waals surface area contributed by atoms with Gasteiger partial charge >= 0.3 is 5.97 Å². The van der Waals surface area contributed by atoms with Gasteiger partial charge in [-0.05, 0) is 24.5 Å². The molecular weight excluding hydrogens is 312 g/mol. The largest absolute Gasteiger partial charge is 0.481 e. The van der Waals surface area contributed by atoms with E-state index in [4.69, 9.17) is 14.6 Å². The van der Waals surface area contributed by atoms with Crippen molar-refractivity contribution in [3.8, 4) is 5.88 Å². The Morgan fingerprint density at radius 2 is 2.00 bits per heavy atom. The molecule has 2 N–H and O–H groups in total. The molecule has 2 heterocycles. The zero-order valence-electron chi connectivity index (χ0n) is 13.4. The molecule has 7 nitrogen and oxygen atoms in total. The molecule has 0 bridgehead atoms. The molecule has 0 spiro atoms. The summed E-state index contributed by atoms with van der Waals surface area (Å²) in [5.41, 5.74) is 0.881. The molecule has 2 unspecified atom stereocenters. The quantitative estimate of drug-likeness (QED) is 0.815. The Balaban J connectivity index is 1.51. The summed E-state index contributed by atoms with van der Waals surface area (Å²) in [5, 5.41) is 11.8. The SMILES string of the molecule is O=C(O)C1CCC1C(=O)NCc1ccnc(OC2CCOCC2)c1. The van der Waals surface area contributed by atoms with E-state index in [2.05, 4.69) is 10.3 Å². The van der Waals surface area contributed by atoms with Crippen LogP contribution in [0.15, 0.2) is 18.3 Å². The first-order chi connectivity index (χ1) is 11.6. The Kier molecular flexibility index (Phi) is 5.30. The van der Waals surface area contributed by atoms with Crippen molar-refractivity contribution < 1.29 is 24.2 Å². The van der Waals surface area contributed by atoms with E-state index >= 15 is 0 Å². The molecule has 0 aromatic carbocycles. The van der Waals surface area contributed by atoms with Gasteiger partial charge in [0, 0.05) is 31.6 Å². The molecule has 1 aliphatic carbocycles.